The van der Waals surface area contributed by atoms with Crippen molar-refractivity contribution in [1.29, 1.82) is 0 Å². The summed E-state index contributed by atoms with van der Waals surface area (Å²) < 4.78 is 19.0. The molecular weight excluding hydrogens is 388 g/mol. The molecule has 1 aliphatic rings. The van der Waals surface area contributed by atoms with Gasteiger partial charge in [0.1, 0.15) is 6.10 Å². The van der Waals surface area contributed by atoms with Crippen LogP contribution in [-0.2, 0) is 34.0 Å². The van der Waals surface area contributed by atoms with Crippen molar-refractivity contribution < 1.29 is 19.3 Å². The van der Waals surface area contributed by atoms with Gasteiger partial charge in [-0.15, -0.1) is 0 Å². The number of benzene rings is 3. The van der Waals surface area contributed by atoms with E-state index in [1.807, 2.05) is 66.7 Å². The normalized spacial score (nSPS) is 23.1. The Morgan fingerprint density at radius 3 is 1.45 bits per heavy atom. The van der Waals surface area contributed by atoms with Crippen LogP contribution in [0.4, 0.5) is 0 Å². The van der Waals surface area contributed by atoms with Gasteiger partial charge >= 0.3 is 0 Å². The van der Waals surface area contributed by atoms with Crippen LogP contribution in [0.15, 0.2) is 91.0 Å². The molecular formula is C27H30O4. The van der Waals surface area contributed by atoms with Gasteiger partial charge in [-0.3, -0.25) is 0 Å². The topological polar surface area (TPSA) is 47.9 Å². The first-order valence-electron chi connectivity index (χ1n) is 10.9. The molecule has 1 N–H and O–H groups in total. The zero-order chi connectivity index (χ0) is 21.3. The zero-order valence-electron chi connectivity index (χ0n) is 17.7. The summed E-state index contributed by atoms with van der Waals surface area (Å²) in [6.07, 6.45) is 0.101. The van der Waals surface area contributed by atoms with Gasteiger partial charge in [0.05, 0.1) is 32.0 Å². The van der Waals surface area contributed by atoms with E-state index >= 15 is 0 Å². The number of hydrogen-bond acceptors (Lipinski definition) is 4. The standard InChI is InChI=1S/C27H30O4/c28-17-24-16-25(29-18-21-10-4-1-5-11-21)27(31-20-23-14-8-3-9-15-23)26(24)30-19-22-12-6-2-7-13-22/h1-15,24-28H,16-20H2/t24-,25-,26-,27-/m1/s1. The second-order valence-electron chi connectivity index (χ2n) is 8.04. The van der Waals surface area contributed by atoms with Crippen molar-refractivity contribution in [3.05, 3.63) is 108 Å². The molecule has 3 aromatic carbocycles. The minimum atomic E-state index is -0.246. The predicted molar refractivity (Wildman–Crippen MR) is 120 cm³/mol. The van der Waals surface area contributed by atoms with Gasteiger partial charge in [-0.2, -0.15) is 0 Å². The summed E-state index contributed by atoms with van der Waals surface area (Å²) >= 11 is 0. The fourth-order valence-electron chi connectivity index (χ4n) is 4.13. The maximum absolute atomic E-state index is 10.0. The molecule has 4 heteroatoms. The molecule has 0 amide bonds. The van der Waals surface area contributed by atoms with Crippen molar-refractivity contribution in [2.45, 2.75) is 44.6 Å². The average Bonchev–Trinajstić information content (AvgIpc) is 3.18. The smallest absolute Gasteiger partial charge is 0.111 e. The average molecular weight is 419 g/mol. The summed E-state index contributed by atoms with van der Waals surface area (Å²) in [6, 6.07) is 30.4. The Kier molecular flexibility index (Phi) is 7.86. The molecule has 0 aromatic heterocycles. The van der Waals surface area contributed by atoms with Crippen LogP contribution in [0.25, 0.3) is 0 Å². The van der Waals surface area contributed by atoms with Crippen LogP contribution in [0, 0.1) is 5.92 Å². The molecule has 4 atom stereocenters. The summed E-state index contributed by atoms with van der Waals surface area (Å²) in [5, 5.41) is 10.0. The zero-order valence-corrected chi connectivity index (χ0v) is 17.7. The van der Waals surface area contributed by atoms with Crippen LogP contribution in [0.3, 0.4) is 0 Å². The Morgan fingerprint density at radius 2 is 1.00 bits per heavy atom. The van der Waals surface area contributed by atoms with Gasteiger partial charge < -0.3 is 19.3 Å². The molecule has 1 fully saturated rings. The van der Waals surface area contributed by atoms with Gasteiger partial charge in [-0.1, -0.05) is 91.0 Å². The fraction of sp³-hybridized carbons (Fsp3) is 0.333. The molecule has 0 saturated heterocycles. The van der Waals surface area contributed by atoms with Crippen molar-refractivity contribution in [3.8, 4) is 0 Å². The third kappa shape index (κ3) is 6.02. The number of hydrogen-bond donors (Lipinski definition) is 1. The van der Waals surface area contributed by atoms with Crippen LogP contribution < -0.4 is 0 Å². The second kappa shape index (κ2) is 11.2. The van der Waals surface area contributed by atoms with Gasteiger partial charge in [0.25, 0.3) is 0 Å². The maximum atomic E-state index is 10.0. The van der Waals surface area contributed by atoms with Crippen LogP contribution >= 0.6 is 0 Å². The van der Waals surface area contributed by atoms with Crippen LogP contribution in [0.2, 0.25) is 0 Å². The van der Waals surface area contributed by atoms with E-state index < -0.39 is 0 Å². The summed E-state index contributed by atoms with van der Waals surface area (Å²) in [6.45, 7) is 1.54. The molecule has 1 saturated carbocycles. The van der Waals surface area contributed by atoms with Gasteiger partial charge in [0, 0.05) is 12.5 Å². The minimum absolute atomic E-state index is 0.0229. The van der Waals surface area contributed by atoms with E-state index in [-0.39, 0.29) is 30.8 Å². The molecule has 0 spiro atoms. The van der Waals surface area contributed by atoms with E-state index in [1.165, 1.54) is 0 Å². The monoisotopic (exact) mass is 418 g/mol. The SMILES string of the molecule is OC[C@H]1C[C@@H](OCc2ccccc2)[C@@H](OCc2ccccc2)[C@@H]1OCc1ccccc1. The second-order valence-corrected chi connectivity index (χ2v) is 8.04. The van der Waals surface area contributed by atoms with E-state index in [2.05, 4.69) is 24.3 Å². The van der Waals surface area contributed by atoms with Crippen molar-refractivity contribution in [2.75, 3.05) is 6.61 Å². The first-order chi connectivity index (χ1) is 15.3. The molecule has 0 heterocycles. The lowest BCUT2D eigenvalue weighted by Crippen LogP contribution is -2.37. The Bertz CT molecular complexity index is 885. The van der Waals surface area contributed by atoms with Crippen molar-refractivity contribution in [2.24, 2.45) is 5.92 Å². The molecule has 1 aliphatic carbocycles. The summed E-state index contributed by atoms with van der Waals surface area (Å²) in [7, 11) is 0. The van der Waals surface area contributed by atoms with Gasteiger partial charge in [0.15, 0.2) is 0 Å². The third-order valence-electron chi connectivity index (χ3n) is 5.80. The lowest BCUT2D eigenvalue weighted by molar-refractivity contribution is -0.128. The predicted octanol–water partition coefficient (Wildman–Crippen LogP) is 4.75. The molecule has 4 nitrogen and oxygen atoms in total. The largest absolute Gasteiger partial charge is 0.396 e. The first-order valence-corrected chi connectivity index (χ1v) is 10.9. The van der Waals surface area contributed by atoms with Gasteiger partial charge in [0.2, 0.25) is 0 Å². The van der Waals surface area contributed by atoms with E-state index in [0.29, 0.717) is 26.2 Å². The number of ether oxygens (including phenoxy) is 3. The molecule has 162 valence electrons. The maximum Gasteiger partial charge on any atom is 0.111 e. The van der Waals surface area contributed by atoms with Gasteiger partial charge in [-0.05, 0) is 23.1 Å². The van der Waals surface area contributed by atoms with Crippen molar-refractivity contribution in [3.63, 3.8) is 0 Å². The molecule has 0 radical (unpaired) electrons. The van der Waals surface area contributed by atoms with Crippen LogP contribution in [-0.4, -0.2) is 30.0 Å². The quantitative estimate of drug-likeness (QED) is 0.516. The third-order valence-corrected chi connectivity index (χ3v) is 5.80. The van der Waals surface area contributed by atoms with Crippen LogP contribution in [0.5, 0.6) is 0 Å². The Morgan fingerprint density at radius 1 is 0.581 bits per heavy atom. The number of aliphatic hydroxyl groups excluding tert-OH is 1. The molecule has 4 rings (SSSR count). The van der Waals surface area contributed by atoms with Crippen molar-refractivity contribution in [1.82, 2.24) is 0 Å². The lowest BCUT2D eigenvalue weighted by Gasteiger charge is -2.27. The fourth-order valence-corrected chi connectivity index (χ4v) is 4.13. The van der Waals surface area contributed by atoms with Crippen molar-refractivity contribution >= 4 is 0 Å². The number of aliphatic hydroxyl groups is 1. The molecule has 31 heavy (non-hydrogen) atoms. The highest BCUT2D eigenvalue weighted by atomic mass is 16.6. The summed E-state index contributed by atoms with van der Waals surface area (Å²) in [4.78, 5) is 0. The molecule has 0 unspecified atom stereocenters. The molecule has 3 aromatic rings. The highest BCUT2D eigenvalue weighted by molar-refractivity contribution is 5.15. The highest BCUT2D eigenvalue weighted by Crippen LogP contribution is 2.35. The molecule has 0 bridgehead atoms. The van der Waals surface area contributed by atoms with E-state index in [9.17, 15) is 5.11 Å². The van der Waals surface area contributed by atoms with E-state index in [4.69, 9.17) is 14.2 Å². The van der Waals surface area contributed by atoms with E-state index in [1.54, 1.807) is 0 Å². The summed E-state index contributed by atoms with van der Waals surface area (Å²) in [5.74, 6) is -0.0229. The Hall–Kier alpha value is -2.50. The lowest BCUT2D eigenvalue weighted by atomic mass is 10.1. The Labute approximate surface area is 184 Å². The molecule has 0 aliphatic heterocycles. The number of rotatable bonds is 10. The van der Waals surface area contributed by atoms with E-state index in [0.717, 1.165) is 16.7 Å². The minimum Gasteiger partial charge on any atom is -0.396 e. The van der Waals surface area contributed by atoms with Gasteiger partial charge in [-0.25, -0.2) is 0 Å². The summed E-state index contributed by atoms with van der Waals surface area (Å²) in [5.41, 5.74) is 3.34. The Balaban J connectivity index is 1.46. The first kappa shape index (κ1) is 21.7. The van der Waals surface area contributed by atoms with Crippen LogP contribution in [0.1, 0.15) is 23.1 Å². The highest BCUT2D eigenvalue weighted by Gasteiger charge is 2.45.